The van der Waals surface area contributed by atoms with Crippen LogP contribution in [0.15, 0.2) is 147 Å². The molecule has 9 rings (SSSR count). The van der Waals surface area contributed by atoms with Crippen LogP contribution in [0.2, 0.25) is 0 Å². The van der Waals surface area contributed by atoms with Crippen molar-refractivity contribution in [2.24, 2.45) is 0 Å². The van der Waals surface area contributed by atoms with Gasteiger partial charge in [0.1, 0.15) is 22.3 Å². The molecule has 198 valence electrons. The van der Waals surface area contributed by atoms with Gasteiger partial charge in [0.15, 0.2) is 11.2 Å². The Morgan fingerprint density at radius 2 is 1.19 bits per heavy atom. The van der Waals surface area contributed by atoms with Crippen molar-refractivity contribution in [3.8, 4) is 11.5 Å². The minimum atomic E-state index is 0.596. The summed E-state index contributed by atoms with van der Waals surface area (Å²) >= 11 is 0. The first-order valence-corrected chi connectivity index (χ1v) is 13.9. The predicted molar refractivity (Wildman–Crippen MR) is 169 cm³/mol. The monoisotopic (exact) mass is 542 g/mol. The highest BCUT2D eigenvalue weighted by Gasteiger charge is 2.23. The quantitative estimate of drug-likeness (QED) is 0.221. The molecule has 9 aromatic rings. The molecule has 0 saturated carbocycles. The zero-order chi connectivity index (χ0) is 27.6. The van der Waals surface area contributed by atoms with Crippen molar-refractivity contribution in [1.82, 2.24) is 4.98 Å². The summed E-state index contributed by atoms with van der Waals surface area (Å²) in [6.07, 6.45) is 0. The zero-order valence-corrected chi connectivity index (χ0v) is 22.3. The van der Waals surface area contributed by atoms with E-state index in [1.807, 2.05) is 78.9 Å². The number of benzene rings is 6. The Morgan fingerprint density at radius 3 is 2.07 bits per heavy atom. The Hall–Kier alpha value is -5.81. The van der Waals surface area contributed by atoms with E-state index in [9.17, 15) is 0 Å². The zero-order valence-electron chi connectivity index (χ0n) is 22.3. The SMILES string of the molecule is c1ccc(-c2nc3cc4oc5c(N(c6ccccc6)c6cccc7oc8ccccc8c67)cccc5c4cc3o2)cc1. The minimum absolute atomic E-state index is 0.596. The molecule has 0 saturated heterocycles. The average Bonchev–Trinajstić information content (AvgIpc) is 3.74. The molecule has 0 atom stereocenters. The number of oxazole rings is 1. The first-order valence-electron chi connectivity index (χ1n) is 13.9. The smallest absolute Gasteiger partial charge is 0.227 e. The van der Waals surface area contributed by atoms with Crippen molar-refractivity contribution in [1.29, 1.82) is 0 Å². The van der Waals surface area contributed by atoms with Crippen molar-refractivity contribution >= 4 is 72.0 Å². The van der Waals surface area contributed by atoms with Gasteiger partial charge in [-0.25, -0.2) is 4.98 Å². The molecular formula is C37H22N2O3. The number of hydrogen-bond donors (Lipinski definition) is 0. The number of rotatable bonds is 4. The number of aromatic nitrogens is 1. The van der Waals surface area contributed by atoms with E-state index in [1.54, 1.807) is 0 Å². The Morgan fingerprint density at radius 1 is 0.476 bits per heavy atom. The van der Waals surface area contributed by atoms with E-state index in [0.29, 0.717) is 5.89 Å². The summed E-state index contributed by atoms with van der Waals surface area (Å²) in [6.45, 7) is 0. The molecule has 0 aliphatic heterocycles. The third kappa shape index (κ3) is 3.40. The predicted octanol–water partition coefficient (Wildman–Crippen LogP) is 10.8. The van der Waals surface area contributed by atoms with Crippen LogP contribution in [0.3, 0.4) is 0 Å². The summed E-state index contributed by atoms with van der Waals surface area (Å²) in [6, 6.07) is 45.0. The van der Waals surface area contributed by atoms with E-state index >= 15 is 0 Å². The normalized spacial score (nSPS) is 11.8. The van der Waals surface area contributed by atoms with E-state index < -0.39 is 0 Å². The second kappa shape index (κ2) is 8.85. The maximum Gasteiger partial charge on any atom is 0.227 e. The third-order valence-corrected chi connectivity index (χ3v) is 7.88. The van der Waals surface area contributed by atoms with Gasteiger partial charge in [-0.3, -0.25) is 0 Å². The van der Waals surface area contributed by atoms with E-state index in [0.717, 1.165) is 77.6 Å². The molecule has 42 heavy (non-hydrogen) atoms. The maximum absolute atomic E-state index is 6.66. The molecule has 0 fully saturated rings. The van der Waals surface area contributed by atoms with Crippen LogP contribution in [0.5, 0.6) is 0 Å². The first-order chi connectivity index (χ1) is 20.8. The lowest BCUT2D eigenvalue weighted by Gasteiger charge is -2.26. The van der Waals surface area contributed by atoms with Crippen LogP contribution < -0.4 is 4.90 Å². The molecule has 0 amide bonds. The van der Waals surface area contributed by atoms with Gasteiger partial charge in [-0.15, -0.1) is 0 Å². The van der Waals surface area contributed by atoms with Crippen LogP contribution in [0, 0.1) is 0 Å². The van der Waals surface area contributed by atoms with E-state index in [2.05, 4.69) is 59.5 Å². The molecule has 0 unspecified atom stereocenters. The fraction of sp³-hybridized carbons (Fsp3) is 0. The molecular weight excluding hydrogens is 520 g/mol. The number of anilines is 3. The summed E-state index contributed by atoms with van der Waals surface area (Å²) in [4.78, 5) is 7.02. The maximum atomic E-state index is 6.66. The van der Waals surface area contributed by atoms with E-state index in [1.165, 1.54) is 0 Å². The molecule has 0 aliphatic rings. The fourth-order valence-electron chi connectivity index (χ4n) is 6.01. The number of para-hydroxylation sites is 3. The standard InChI is InChI=1S/C37H22N2O3/c1-3-11-23(12-4-1)37-38-28-22-33-27(21-34(28)42-37)25-16-9-18-30(36(25)41-33)39(24-13-5-2-6-14-24)29-17-10-20-32-35(29)26-15-7-8-19-31(26)40-32/h1-22H. The number of nitrogens with zero attached hydrogens (tertiary/aromatic N) is 2. The largest absolute Gasteiger partial charge is 0.456 e. The number of hydrogen-bond acceptors (Lipinski definition) is 5. The Labute approximate surface area is 239 Å². The number of fused-ring (bicyclic) bond motifs is 7. The highest BCUT2D eigenvalue weighted by molar-refractivity contribution is 6.16. The Balaban J connectivity index is 1.30. The molecule has 6 aromatic carbocycles. The summed E-state index contributed by atoms with van der Waals surface area (Å²) in [7, 11) is 0. The molecule has 5 heteroatoms. The lowest BCUT2D eigenvalue weighted by atomic mass is 10.1. The molecule has 3 aromatic heterocycles. The van der Waals surface area contributed by atoms with E-state index in [4.69, 9.17) is 18.2 Å². The third-order valence-electron chi connectivity index (χ3n) is 7.88. The molecule has 3 heterocycles. The first kappa shape index (κ1) is 22.9. The highest BCUT2D eigenvalue weighted by Crippen LogP contribution is 2.46. The highest BCUT2D eigenvalue weighted by atomic mass is 16.4. The van der Waals surface area contributed by atoms with Crippen LogP contribution in [-0.2, 0) is 0 Å². The van der Waals surface area contributed by atoms with Crippen molar-refractivity contribution < 1.29 is 13.3 Å². The van der Waals surface area contributed by atoms with Gasteiger partial charge in [-0.1, -0.05) is 72.8 Å². The molecule has 0 spiro atoms. The number of furan rings is 2. The van der Waals surface area contributed by atoms with E-state index in [-0.39, 0.29) is 0 Å². The second-order valence-electron chi connectivity index (χ2n) is 10.4. The summed E-state index contributed by atoms with van der Waals surface area (Å²) in [5.41, 5.74) is 8.65. The topological polar surface area (TPSA) is 55.6 Å². The second-order valence-corrected chi connectivity index (χ2v) is 10.4. The van der Waals surface area contributed by atoms with Gasteiger partial charge in [-0.2, -0.15) is 0 Å². The van der Waals surface area contributed by atoms with Crippen LogP contribution in [0.4, 0.5) is 17.1 Å². The fourth-order valence-corrected chi connectivity index (χ4v) is 6.01. The van der Waals surface area contributed by atoms with Gasteiger partial charge in [0.05, 0.1) is 16.8 Å². The Bertz CT molecular complexity index is 2420. The van der Waals surface area contributed by atoms with Crippen LogP contribution in [0.1, 0.15) is 0 Å². The molecule has 0 radical (unpaired) electrons. The average molecular weight is 543 g/mol. The molecule has 5 nitrogen and oxygen atoms in total. The lowest BCUT2D eigenvalue weighted by Crippen LogP contribution is -2.10. The van der Waals surface area contributed by atoms with Crippen molar-refractivity contribution in [3.05, 3.63) is 133 Å². The van der Waals surface area contributed by atoms with Crippen LogP contribution >= 0.6 is 0 Å². The molecule has 0 bridgehead atoms. The summed E-state index contributed by atoms with van der Waals surface area (Å²) in [5.74, 6) is 0.596. The minimum Gasteiger partial charge on any atom is -0.456 e. The lowest BCUT2D eigenvalue weighted by molar-refractivity contribution is 0.620. The van der Waals surface area contributed by atoms with Gasteiger partial charge in [-0.05, 0) is 54.6 Å². The van der Waals surface area contributed by atoms with Crippen molar-refractivity contribution in [2.45, 2.75) is 0 Å². The summed E-state index contributed by atoms with van der Waals surface area (Å²) < 4.78 is 19.1. The molecule has 0 aliphatic carbocycles. The van der Waals surface area contributed by atoms with Gasteiger partial charge in [0, 0.05) is 33.5 Å². The van der Waals surface area contributed by atoms with Crippen LogP contribution in [0.25, 0.3) is 66.4 Å². The van der Waals surface area contributed by atoms with Crippen molar-refractivity contribution in [3.63, 3.8) is 0 Å². The van der Waals surface area contributed by atoms with Crippen molar-refractivity contribution in [2.75, 3.05) is 4.90 Å². The van der Waals surface area contributed by atoms with Gasteiger partial charge in [0.2, 0.25) is 5.89 Å². The van der Waals surface area contributed by atoms with Crippen LogP contribution in [-0.4, -0.2) is 4.98 Å². The Kier molecular flexibility index (Phi) is 4.83. The van der Waals surface area contributed by atoms with Gasteiger partial charge in [0.25, 0.3) is 0 Å². The summed E-state index contributed by atoms with van der Waals surface area (Å²) in [5, 5.41) is 4.11. The van der Waals surface area contributed by atoms with Gasteiger partial charge >= 0.3 is 0 Å². The van der Waals surface area contributed by atoms with Gasteiger partial charge < -0.3 is 18.2 Å². The molecule has 0 N–H and O–H groups in total.